The number of rotatable bonds is 4. The van der Waals surface area contributed by atoms with Crippen LogP contribution in [0.3, 0.4) is 0 Å². The maximum absolute atomic E-state index is 12.6. The molecule has 0 saturated heterocycles. The Morgan fingerprint density at radius 3 is 2.93 bits per heavy atom. The molecule has 0 saturated carbocycles. The van der Waals surface area contributed by atoms with Crippen LogP contribution in [0.1, 0.15) is 35.8 Å². The number of nitrogens with zero attached hydrogens (tertiary/aromatic N) is 2. The first-order chi connectivity index (χ1) is 13.5. The number of nitrogens with one attached hydrogen (secondary N) is 1. The highest BCUT2D eigenvalue weighted by Gasteiger charge is 2.22. The van der Waals surface area contributed by atoms with E-state index in [-0.39, 0.29) is 24.2 Å². The molecule has 1 aromatic carbocycles. The minimum atomic E-state index is -0.494. The number of anilines is 1. The van der Waals surface area contributed by atoms with Crippen molar-refractivity contribution in [3.63, 3.8) is 0 Å². The number of aryl methyl sites for hydroxylation is 2. The molecule has 0 fully saturated rings. The number of aromatic nitrogens is 2. The Morgan fingerprint density at radius 1 is 1.32 bits per heavy atom. The largest absolute Gasteiger partial charge is 0.460 e. The first-order valence-electron chi connectivity index (χ1n) is 9.33. The first-order valence-corrected chi connectivity index (χ1v) is 9.33. The molecule has 1 atom stereocenters. The number of amides is 1. The van der Waals surface area contributed by atoms with Crippen molar-refractivity contribution in [2.24, 2.45) is 0 Å². The Hall–Kier alpha value is -3.35. The van der Waals surface area contributed by atoms with Gasteiger partial charge in [-0.3, -0.25) is 9.59 Å². The zero-order chi connectivity index (χ0) is 19.7. The summed E-state index contributed by atoms with van der Waals surface area (Å²) in [5.41, 5.74) is 8.19. The molecule has 7 nitrogen and oxygen atoms in total. The van der Waals surface area contributed by atoms with Crippen LogP contribution in [0.5, 0.6) is 0 Å². The summed E-state index contributed by atoms with van der Waals surface area (Å²) >= 11 is 0. The number of nitrogen functional groups attached to an aromatic ring is 1. The van der Waals surface area contributed by atoms with Gasteiger partial charge >= 0.3 is 0 Å². The van der Waals surface area contributed by atoms with Gasteiger partial charge in [-0.15, -0.1) is 0 Å². The smallest absolute Gasteiger partial charge is 0.290 e. The molecule has 0 spiro atoms. The summed E-state index contributed by atoms with van der Waals surface area (Å²) in [7, 11) is 0. The zero-order valence-electron chi connectivity index (χ0n) is 15.6. The third-order valence-electron chi connectivity index (χ3n) is 4.99. The number of carbonyl (C=O) groups is 1. The van der Waals surface area contributed by atoms with Gasteiger partial charge in [-0.25, -0.2) is 4.68 Å². The lowest BCUT2D eigenvalue weighted by molar-refractivity contribution is -0.122. The predicted octanol–water partition coefficient (Wildman–Crippen LogP) is 2.59. The molecule has 0 radical (unpaired) electrons. The van der Waals surface area contributed by atoms with Gasteiger partial charge in [0, 0.05) is 0 Å². The Labute approximate surface area is 162 Å². The molecule has 1 aliphatic rings. The second-order valence-electron chi connectivity index (χ2n) is 7.07. The van der Waals surface area contributed by atoms with E-state index in [1.165, 1.54) is 11.6 Å². The molecular weight excluding hydrogens is 356 g/mol. The molecule has 0 bridgehead atoms. The average molecular weight is 378 g/mol. The van der Waals surface area contributed by atoms with Gasteiger partial charge in [-0.2, -0.15) is 5.10 Å². The second-order valence-corrected chi connectivity index (χ2v) is 7.07. The minimum absolute atomic E-state index is 0.0230. The van der Waals surface area contributed by atoms with Gasteiger partial charge in [0.05, 0.1) is 6.04 Å². The number of furan rings is 1. The maximum atomic E-state index is 12.6. The highest BCUT2D eigenvalue weighted by molar-refractivity contribution is 5.76. The van der Waals surface area contributed by atoms with Crippen molar-refractivity contribution < 1.29 is 9.21 Å². The van der Waals surface area contributed by atoms with Crippen LogP contribution in [-0.2, 0) is 17.8 Å². The van der Waals surface area contributed by atoms with E-state index < -0.39 is 5.56 Å². The van der Waals surface area contributed by atoms with Gasteiger partial charge in [-0.1, -0.05) is 24.3 Å². The van der Waals surface area contributed by atoms with Crippen LogP contribution < -0.4 is 16.6 Å². The van der Waals surface area contributed by atoms with E-state index in [0.717, 1.165) is 35.3 Å². The van der Waals surface area contributed by atoms with Crippen LogP contribution in [0.15, 0.2) is 51.7 Å². The van der Waals surface area contributed by atoms with E-state index in [4.69, 9.17) is 10.2 Å². The van der Waals surface area contributed by atoms with Crippen LogP contribution in [0, 0.1) is 6.92 Å². The summed E-state index contributed by atoms with van der Waals surface area (Å²) in [6.45, 7) is 1.62. The van der Waals surface area contributed by atoms with Crippen LogP contribution in [-0.4, -0.2) is 15.7 Å². The fourth-order valence-electron chi connectivity index (χ4n) is 3.64. The standard InChI is InChI=1S/C21H22N4O3/c1-13-9-10-19(28-13)18-11-16(22)21(27)25(24-18)12-20(26)23-17-8-4-6-14-5-2-3-7-15(14)17/h2-3,5,7,9-11,17H,4,6,8,12,22H2,1H3,(H,23,26)/t17-/m0/s1. The van der Waals surface area contributed by atoms with E-state index in [2.05, 4.69) is 16.5 Å². The summed E-state index contributed by atoms with van der Waals surface area (Å²) in [4.78, 5) is 25.0. The van der Waals surface area contributed by atoms with E-state index in [1.807, 2.05) is 25.1 Å². The summed E-state index contributed by atoms with van der Waals surface area (Å²) in [6, 6.07) is 13.1. The quantitative estimate of drug-likeness (QED) is 0.726. The molecule has 3 aromatic rings. The van der Waals surface area contributed by atoms with Crippen LogP contribution in [0.25, 0.3) is 11.5 Å². The van der Waals surface area contributed by atoms with Crippen molar-refractivity contribution in [2.75, 3.05) is 5.73 Å². The van der Waals surface area contributed by atoms with Crippen molar-refractivity contribution in [2.45, 2.75) is 38.8 Å². The molecule has 144 valence electrons. The van der Waals surface area contributed by atoms with Crippen LogP contribution in [0.2, 0.25) is 0 Å². The van der Waals surface area contributed by atoms with Crippen LogP contribution >= 0.6 is 0 Å². The lowest BCUT2D eigenvalue weighted by atomic mass is 9.88. The normalized spacial score (nSPS) is 15.8. The highest BCUT2D eigenvalue weighted by Crippen LogP contribution is 2.29. The van der Waals surface area contributed by atoms with Gasteiger partial charge < -0.3 is 15.5 Å². The van der Waals surface area contributed by atoms with Crippen molar-refractivity contribution in [3.05, 3.63) is 69.7 Å². The molecule has 1 aliphatic carbocycles. The first kappa shape index (κ1) is 18.0. The monoisotopic (exact) mass is 378 g/mol. The molecule has 2 heterocycles. The Kier molecular flexibility index (Phi) is 4.73. The molecule has 28 heavy (non-hydrogen) atoms. The van der Waals surface area contributed by atoms with Gasteiger partial charge in [-0.05, 0) is 55.5 Å². The summed E-state index contributed by atoms with van der Waals surface area (Å²) < 4.78 is 6.64. The SMILES string of the molecule is Cc1ccc(-c2cc(N)c(=O)n(CC(=O)N[C@H]3CCCc4ccccc43)n2)o1. The average Bonchev–Trinajstić information content (AvgIpc) is 3.12. The Bertz CT molecular complexity index is 1080. The molecule has 2 aromatic heterocycles. The Balaban J connectivity index is 1.55. The number of nitrogens with two attached hydrogens (primary N) is 1. The van der Waals surface area contributed by atoms with Crippen molar-refractivity contribution in [1.29, 1.82) is 0 Å². The van der Waals surface area contributed by atoms with Gasteiger partial charge in [0.25, 0.3) is 5.56 Å². The van der Waals surface area contributed by atoms with Gasteiger partial charge in [0.2, 0.25) is 5.91 Å². The Morgan fingerprint density at radius 2 is 2.14 bits per heavy atom. The molecule has 4 rings (SSSR count). The topological polar surface area (TPSA) is 103 Å². The molecule has 0 unspecified atom stereocenters. The fraction of sp³-hybridized carbons (Fsp3) is 0.286. The highest BCUT2D eigenvalue weighted by atomic mass is 16.3. The van der Waals surface area contributed by atoms with E-state index >= 15 is 0 Å². The van der Waals surface area contributed by atoms with Crippen LogP contribution in [0.4, 0.5) is 5.69 Å². The summed E-state index contributed by atoms with van der Waals surface area (Å²) in [5, 5.41) is 7.29. The third kappa shape index (κ3) is 3.55. The summed E-state index contributed by atoms with van der Waals surface area (Å²) in [6.07, 6.45) is 2.91. The maximum Gasteiger partial charge on any atom is 0.290 e. The number of fused-ring (bicyclic) bond motifs is 1. The van der Waals surface area contributed by atoms with Crippen molar-refractivity contribution in [3.8, 4) is 11.5 Å². The summed E-state index contributed by atoms with van der Waals surface area (Å²) in [5.74, 6) is 0.949. The van der Waals surface area contributed by atoms with E-state index in [9.17, 15) is 9.59 Å². The number of carbonyl (C=O) groups excluding carboxylic acids is 1. The van der Waals surface area contributed by atoms with Crippen molar-refractivity contribution in [1.82, 2.24) is 15.1 Å². The lowest BCUT2D eigenvalue weighted by Gasteiger charge is -2.26. The molecule has 3 N–H and O–H groups in total. The number of hydrogen-bond acceptors (Lipinski definition) is 5. The number of benzene rings is 1. The molecule has 1 amide bonds. The number of hydrogen-bond donors (Lipinski definition) is 2. The van der Waals surface area contributed by atoms with E-state index in [1.54, 1.807) is 12.1 Å². The molecule has 0 aliphatic heterocycles. The molecular formula is C21H22N4O3. The molecule has 7 heteroatoms. The fourth-order valence-corrected chi connectivity index (χ4v) is 3.64. The predicted molar refractivity (Wildman–Crippen MR) is 106 cm³/mol. The minimum Gasteiger partial charge on any atom is -0.460 e. The third-order valence-corrected chi connectivity index (χ3v) is 4.99. The van der Waals surface area contributed by atoms with Gasteiger partial charge in [0.1, 0.15) is 23.7 Å². The van der Waals surface area contributed by atoms with Crippen molar-refractivity contribution >= 4 is 11.6 Å². The lowest BCUT2D eigenvalue weighted by Crippen LogP contribution is -2.37. The van der Waals surface area contributed by atoms with Gasteiger partial charge in [0.15, 0.2) is 5.76 Å². The second kappa shape index (κ2) is 7.34. The zero-order valence-corrected chi connectivity index (χ0v) is 15.6. The van der Waals surface area contributed by atoms with E-state index in [0.29, 0.717) is 11.5 Å².